The lowest BCUT2D eigenvalue weighted by Crippen LogP contribution is -2.26. The van der Waals surface area contributed by atoms with Crippen molar-refractivity contribution >= 4 is 23.4 Å². The van der Waals surface area contributed by atoms with Crippen LogP contribution in [0.1, 0.15) is 18.1 Å². The van der Waals surface area contributed by atoms with Crippen LogP contribution in [0.4, 0.5) is 20.8 Å². The predicted molar refractivity (Wildman–Crippen MR) is 135 cm³/mol. The van der Waals surface area contributed by atoms with Gasteiger partial charge in [-0.3, -0.25) is 15.4 Å². The van der Waals surface area contributed by atoms with Gasteiger partial charge in [0.05, 0.1) is 22.0 Å². The van der Waals surface area contributed by atoms with E-state index in [4.69, 9.17) is 0 Å². The second-order valence-corrected chi connectivity index (χ2v) is 7.90. The molecule has 1 heterocycles. The third-order valence-electron chi connectivity index (χ3n) is 5.26. The Bertz CT molecular complexity index is 1440. The number of carbonyl (C=O) groups is 1. The summed E-state index contributed by atoms with van der Waals surface area (Å²) in [5.74, 6) is -0.422. The summed E-state index contributed by atoms with van der Waals surface area (Å²) in [7, 11) is 0. The molecular weight excluding hydrogens is 463 g/mol. The first-order chi connectivity index (χ1) is 17.3. The molecule has 0 saturated heterocycles. The number of aromatic nitrogens is 2. The number of aryl methyl sites for hydroxylation is 1. The van der Waals surface area contributed by atoms with E-state index in [2.05, 4.69) is 25.8 Å². The zero-order valence-electron chi connectivity index (χ0n) is 19.4. The van der Waals surface area contributed by atoms with Crippen LogP contribution in [0, 0.1) is 22.9 Å². The van der Waals surface area contributed by atoms with E-state index in [0.717, 1.165) is 11.1 Å². The van der Waals surface area contributed by atoms with Crippen LogP contribution in [0.5, 0.6) is 0 Å². The number of rotatable bonds is 6. The Morgan fingerprint density at radius 1 is 0.917 bits per heavy atom. The highest BCUT2D eigenvalue weighted by molar-refractivity contribution is 5.99. The molecule has 0 fully saturated rings. The van der Waals surface area contributed by atoms with Gasteiger partial charge in [0.1, 0.15) is 5.82 Å². The lowest BCUT2D eigenvalue weighted by molar-refractivity contribution is -0.384. The topological polar surface area (TPSA) is 122 Å². The van der Waals surface area contributed by atoms with E-state index in [1.54, 1.807) is 37.3 Å². The number of hydrogen-bond acceptors (Lipinski definition) is 6. The summed E-state index contributed by atoms with van der Waals surface area (Å²) in [6.45, 7) is 3.75. The molecule has 3 aromatic carbocycles. The minimum atomic E-state index is -0.660. The Morgan fingerprint density at radius 3 is 2.03 bits per heavy atom. The number of anilines is 1. The molecule has 0 spiro atoms. The Balaban J connectivity index is 1.61. The van der Waals surface area contributed by atoms with Gasteiger partial charge in [-0.1, -0.05) is 29.8 Å². The summed E-state index contributed by atoms with van der Waals surface area (Å²) in [4.78, 5) is 31.8. The number of nitrogens with zero attached hydrogens (tertiary/aromatic N) is 4. The monoisotopic (exact) mass is 484 g/mol. The molecule has 0 radical (unpaired) electrons. The molecule has 0 aliphatic heterocycles. The highest BCUT2D eigenvalue weighted by Crippen LogP contribution is 2.27. The van der Waals surface area contributed by atoms with Crippen LogP contribution in [0.3, 0.4) is 0 Å². The molecule has 0 atom stereocenters. The predicted octanol–water partition coefficient (Wildman–Crippen LogP) is 5.71. The molecule has 180 valence electrons. The summed E-state index contributed by atoms with van der Waals surface area (Å²) >= 11 is 0. The fraction of sp³-hybridized carbons (Fsp3) is 0.0769. The van der Waals surface area contributed by atoms with Crippen molar-refractivity contribution in [3.05, 3.63) is 106 Å². The van der Waals surface area contributed by atoms with Gasteiger partial charge in [0.25, 0.3) is 5.69 Å². The third-order valence-corrected chi connectivity index (χ3v) is 5.26. The van der Waals surface area contributed by atoms with Gasteiger partial charge in [-0.15, -0.1) is 0 Å². The number of hydrogen-bond donors (Lipinski definition) is 2. The molecule has 10 heteroatoms. The lowest BCUT2D eigenvalue weighted by Gasteiger charge is -2.10. The standard InChI is InChI=1S/C26H21FN6O3/c1-16-3-5-18(6-4-16)17(2)31-32-26(34)30-25-28-23(19-7-11-21(27)12-8-19)15-24(29-25)20-9-13-22(14-10-20)33(35)36/h3-15H,1-2H3,(H2,28,29,30,32,34)/b31-17-. The van der Waals surface area contributed by atoms with Crippen LogP contribution >= 0.6 is 0 Å². The molecule has 1 aromatic heterocycles. The van der Waals surface area contributed by atoms with Crippen molar-refractivity contribution in [3.8, 4) is 22.5 Å². The third kappa shape index (κ3) is 5.92. The second kappa shape index (κ2) is 10.5. The maximum atomic E-state index is 13.4. The molecule has 0 aliphatic rings. The van der Waals surface area contributed by atoms with E-state index < -0.39 is 16.8 Å². The van der Waals surface area contributed by atoms with Crippen molar-refractivity contribution in [3.63, 3.8) is 0 Å². The van der Waals surface area contributed by atoms with Crippen molar-refractivity contribution in [2.24, 2.45) is 5.10 Å². The normalized spacial score (nSPS) is 11.1. The second-order valence-electron chi connectivity index (χ2n) is 7.90. The molecule has 2 amide bonds. The maximum Gasteiger partial charge on any atom is 0.342 e. The first kappa shape index (κ1) is 24.1. The minimum Gasteiger partial charge on any atom is -0.275 e. The molecular formula is C26H21FN6O3. The summed E-state index contributed by atoms with van der Waals surface area (Å²) in [6.07, 6.45) is 0. The number of carbonyl (C=O) groups excluding carboxylic acids is 1. The van der Waals surface area contributed by atoms with Gasteiger partial charge < -0.3 is 0 Å². The van der Waals surface area contributed by atoms with E-state index in [0.29, 0.717) is 28.2 Å². The summed E-state index contributed by atoms with van der Waals surface area (Å²) in [6, 6.07) is 20.2. The average molecular weight is 484 g/mol. The number of nitrogens with one attached hydrogen (secondary N) is 2. The van der Waals surface area contributed by atoms with Gasteiger partial charge >= 0.3 is 6.03 Å². The Hall–Kier alpha value is -4.99. The van der Waals surface area contributed by atoms with E-state index in [9.17, 15) is 19.3 Å². The Labute approximate surface area is 205 Å². The molecule has 2 N–H and O–H groups in total. The Morgan fingerprint density at radius 2 is 1.47 bits per heavy atom. The number of urea groups is 1. The molecule has 0 unspecified atom stereocenters. The number of nitro groups is 1. The highest BCUT2D eigenvalue weighted by Gasteiger charge is 2.13. The molecule has 0 saturated carbocycles. The molecule has 0 aliphatic carbocycles. The quantitative estimate of drug-likeness (QED) is 0.206. The number of hydrazone groups is 1. The largest absolute Gasteiger partial charge is 0.342 e. The fourth-order valence-corrected chi connectivity index (χ4v) is 3.30. The van der Waals surface area contributed by atoms with E-state index in [1.807, 2.05) is 31.2 Å². The fourth-order valence-electron chi connectivity index (χ4n) is 3.30. The van der Waals surface area contributed by atoms with Crippen molar-refractivity contribution in [1.82, 2.24) is 15.4 Å². The average Bonchev–Trinajstić information content (AvgIpc) is 2.88. The number of non-ortho nitro benzene ring substituents is 1. The van der Waals surface area contributed by atoms with Crippen LogP contribution in [0.25, 0.3) is 22.5 Å². The molecule has 36 heavy (non-hydrogen) atoms. The highest BCUT2D eigenvalue weighted by atomic mass is 19.1. The number of nitro benzene ring substituents is 1. The van der Waals surface area contributed by atoms with E-state index >= 15 is 0 Å². The van der Waals surface area contributed by atoms with Gasteiger partial charge in [-0.2, -0.15) is 5.10 Å². The Kier molecular flexibility index (Phi) is 7.05. The van der Waals surface area contributed by atoms with E-state index in [1.165, 1.54) is 24.3 Å². The first-order valence-electron chi connectivity index (χ1n) is 10.9. The van der Waals surface area contributed by atoms with Crippen molar-refractivity contribution in [2.45, 2.75) is 13.8 Å². The van der Waals surface area contributed by atoms with Gasteiger partial charge in [-0.05, 0) is 61.9 Å². The number of amides is 2. The van der Waals surface area contributed by atoms with Crippen LogP contribution < -0.4 is 10.7 Å². The number of halogens is 1. The summed E-state index contributed by atoms with van der Waals surface area (Å²) < 4.78 is 13.4. The number of benzene rings is 3. The van der Waals surface area contributed by atoms with Crippen LogP contribution in [-0.2, 0) is 0 Å². The van der Waals surface area contributed by atoms with Crippen LogP contribution in [0.2, 0.25) is 0 Å². The summed E-state index contributed by atoms with van der Waals surface area (Å²) in [5, 5.41) is 17.7. The first-order valence-corrected chi connectivity index (χ1v) is 10.9. The maximum absolute atomic E-state index is 13.4. The van der Waals surface area contributed by atoms with Crippen LogP contribution in [0.15, 0.2) is 84.0 Å². The summed E-state index contributed by atoms with van der Waals surface area (Å²) in [5.41, 5.74) is 6.94. The zero-order valence-corrected chi connectivity index (χ0v) is 19.4. The molecule has 9 nitrogen and oxygen atoms in total. The zero-order chi connectivity index (χ0) is 25.7. The van der Waals surface area contributed by atoms with Gasteiger partial charge in [0, 0.05) is 23.3 Å². The van der Waals surface area contributed by atoms with Crippen LogP contribution in [-0.4, -0.2) is 26.6 Å². The molecule has 4 aromatic rings. The van der Waals surface area contributed by atoms with Crippen molar-refractivity contribution < 1.29 is 14.1 Å². The van der Waals surface area contributed by atoms with E-state index in [-0.39, 0.29) is 11.6 Å². The molecule has 0 bridgehead atoms. The van der Waals surface area contributed by atoms with Crippen molar-refractivity contribution in [2.75, 3.05) is 5.32 Å². The SMILES string of the molecule is C/C(=N/NC(=O)Nc1nc(-c2ccc(F)cc2)cc(-c2ccc([N+](=O)[O-])cc2)n1)c1ccc(C)cc1. The lowest BCUT2D eigenvalue weighted by atomic mass is 10.1. The van der Waals surface area contributed by atoms with Gasteiger partial charge in [-0.25, -0.2) is 24.6 Å². The van der Waals surface area contributed by atoms with Gasteiger partial charge in [0.2, 0.25) is 5.95 Å². The molecule has 4 rings (SSSR count). The smallest absolute Gasteiger partial charge is 0.275 e. The van der Waals surface area contributed by atoms with Crippen molar-refractivity contribution in [1.29, 1.82) is 0 Å². The van der Waals surface area contributed by atoms with Gasteiger partial charge in [0.15, 0.2) is 0 Å². The minimum absolute atomic E-state index is 0.0223.